The molecule has 1 aliphatic rings. The lowest BCUT2D eigenvalue weighted by atomic mass is 9.93. The molecule has 2 rings (SSSR count). The minimum atomic E-state index is -0.662. The molecule has 0 radical (unpaired) electrons. The zero-order valence-corrected chi connectivity index (χ0v) is 10.3. The standard InChI is InChI=1S/C10H14BrNOS/c11-8-3-9(14-5-8)4-10(13,6-12)7-1-2-7/h3,5,7,13H,1-2,4,6,12H2. The molecule has 0 aliphatic heterocycles. The summed E-state index contributed by atoms with van der Waals surface area (Å²) in [5.41, 5.74) is 4.98. The van der Waals surface area contributed by atoms with Gasteiger partial charge in [-0.05, 0) is 40.8 Å². The largest absolute Gasteiger partial charge is 0.388 e. The van der Waals surface area contributed by atoms with Gasteiger partial charge in [0.15, 0.2) is 0 Å². The molecule has 1 fully saturated rings. The van der Waals surface area contributed by atoms with E-state index in [9.17, 15) is 5.11 Å². The molecule has 1 atom stereocenters. The fourth-order valence-corrected chi connectivity index (χ4v) is 3.32. The van der Waals surface area contributed by atoms with Gasteiger partial charge >= 0.3 is 0 Å². The van der Waals surface area contributed by atoms with Crippen LogP contribution in [0.25, 0.3) is 0 Å². The molecule has 2 nitrogen and oxygen atoms in total. The lowest BCUT2D eigenvalue weighted by molar-refractivity contribution is 0.0274. The topological polar surface area (TPSA) is 46.2 Å². The summed E-state index contributed by atoms with van der Waals surface area (Å²) in [6.07, 6.45) is 2.95. The highest BCUT2D eigenvalue weighted by Gasteiger charge is 2.42. The second kappa shape index (κ2) is 3.93. The van der Waals surface area contributed by atoms with Gasteiger partial charge in [-0.1, -0.05) is 0 Å². The first kappa shape index (κ1) is 10.6. The van der Waals surface area contributed by atoms with Gasteiger partial charge in [-0.3, -0.25) is 0 Å². The third-order valence-corrected chi connectivity index (χ3v) is 4.49. The molecule has 4 heteroatoms. The van der Waals surface area contributed by atoms with Gasteiger partial charge < -0.3 is 10.8 Å². The third kappa shape index (κ3) is 2.19. The Balaban J connectivity index is 2.07. The first-order chi connectivity index (χ1) is 6.64. The van der Waals surface area contributed by atoms with Crippen LogP contribution in [0.5, 0.6) is 0 Å². The summed E-state index contributed by atoms with van der Waals surface area (Å²) in [5, 5.41) is 12.3. The molecular weight excluding hydrogens is 262 g/mol. The van der Waals surface area contributed by atoms with E-state index in [1.54, 1.807) is 11.3 Å². The number of hydrogen-bond donors (Lipinski definition) is 2. The molecule has 1 unspecified atom stereocenters. The van der Waals surface area contributed by atoms with E-state index in [1.165, 1.54) is 4.88 Å². The van der Waals surface area contributed by atoms with Gasteiger partial charge in [-0.25, -0.2) is 0 Å². The number of aliphatic hydroxyl groups is 1. The smallest absolute Gasteiger partial charge is 0.0845 e. The van der Waals surface area contributed by atoms with Gasteiger partial charge in [0.1, 0.15) is 0 Å². The van der Waals surface area contributed by atoms with Crippen LogP contribution >= 0.6 is 27.3 Å². The Morgan fingerprint density at radius 2 is 2.36 bits per heavy atom. The van der Waals surface area contributed by atoms with E-state index in [2.05, 4.69) is 22.0 Å². The molecule has 0 bridgehead atoms. The molecule has 3 N–H and O–H groups in total. The number of thiophene rings is 1. The average molecular weight is 276 g/mol. The quantitative estimate of drug-likeness (QED) is 0.885. The highest BCUT2D eigenvalue weighted by Crippen LogP contribution is 2.41. The molecular formula is C10H14BrNOS. The summed E-state index contributed by atoms with van der Waals surface area (Å²) in [4.78, 5) is 1.21. The Morgan fingerprint density at radius 3 is 2.79 bits per heavy atom. The van der Waals surface area contributed by atoms with E-state index in [4.69, 9.17) is 5.73 Å². The molecule has 1 aromatic heterocycles. The van der Waals surface area contributed by atoms with Crippen LogP contribution in [-0.2, 0) is 6.42 Å². The summed E-state index contributed by atoms with van der Waals surface area (Å²) in [6.45, 7) is 0.368. The van der Waals surface area contributed by atoms with Crippen molar-refractivity contribution >= 4 is 27.3 Å². The van der Waals surface area contributed by atoms with E-state index in [0.717, 1.165) is 17.3 Å². The summed E-state index contributed by atoms with van der Waals surface area (Å²) in [6, 6.07) is 2.06. The van der Waals surface area contributed by atoms with Gasteiger partial charge in [0, 0.05) is 27.7 Å². The van der Waals surface area contributed by atoms with Crippen LogP contribution in [0.1, 0.15) is 17.7 Å². The predicted octanol–water partition coefficient (Wildman–Crippen LogP) is 2.15. The molecule has 1 aromatic rings. The fraction of sp³-hybridized carbons (Fsp3) is 0.600. The van der Waals surface area contributed by atoms with Gasteiger partial charge in [0.25, 0.3) is 0 Å². The molecule has 78 valence electrons. The first-order valence-electron chi connectivity index (χ1n) is 4.79. The first-order valence-corrected chi connectivity index (χ1v) is 6.47. The van der Waals surface area contributed by atoms with Crippen LogP contribution in [0.2, 0.25) is 0 Å². The Morgan fingerprint density at radius 1 is 1.64 bits per heavy atom. The molecule has 1 heterocycles. The van der Waals surface area contributed by atoms with Crippen molar-refractivity contribution < 1.29 is 5.11 Å². The molecule has 0 aromatic carbocycles. The van der Waals surface area contributed by atoms with E-state index in [1.807, 2.05) is 5.38 Å². The van der Waals surface area contributed by atoms with E-state index in [0.29, 0.717) is 18.9 Å². The molecule has 1 aliphatic carbocycles. The summed E-state index contributed by atoms with van der Waals surface area (Å²) >= 11 is 5.09. The van der Waals surface area contributed by atoms with Gasteiger partial charge in [-0.2, -0.15) is 0 Å². The summed E-state index contributed by atoms with van der Waals surface area (Å²) in [5.74, 6) is 0.424. The van der Waals surface area contributed by atoms with Gasteiger partial charge in [-0.15, -0.1) is 11.3 Å². The van der Waals surface area contributed by atoms with Crippen molar-refractivity contribution in [2.75, 3.05) is 6.54 Å². The van der Waals surface area contributed by atoms with Crippen molar-refractivity contribution in [1.29, 1.82) is 0 Å². The third-order valence-electron chi connectivity index (χ3n) is 2.79. The van der Waals surface area contributed by atoms with Crippen molar-refractivity contribution in [3.63, 3.8) is 0 Å². The normalized spacial score (nSPS) is 20.8. The van der Waals surface area contributed by atoms with Crippen LogP contribution in [-0.4, -0.2) is 17.3 Å². The van der Waals surface area contributed by atoms with Crippen LogP contribution in [0.15, 0.2) is 15.9 Å². The highest BCUT2D eigenvalue weighted by atomic mass is 79.9. The molecule has 14 heavy (non-hydrogen) atoms. The Labute approximate surface area is 96.3 Å². The summed E-state index contributed by atoms with van der Waals surface area (Å²) < 4.78 is 1.09. The van der Waals surface area contributed by atoms with Crippen molar-refractivity contribution in [1.82, 2.24) is 0 Å². The second-order valence-electron chi connectivity index (χ2n) is 3.99. The van der Waals surface area contributed by atoms with Crippen LogP contribution < -0.4 is 5.73 Å². The molecule has 0 spiro atoms. The Bertz CT molecular complexity index is 324. The van der Waals surface area contributed by atoms with Gasteiger partial charge in [0.05, 0.1) is 5.60 Å². The van der Waals surface area contributed by atoms with Gasteiger partial charge in [0.2, 0.25) is 0 Å². The van der Waals surface area contributed by atoms with Crippen LogP contribution in [0.3, 0.4) is 0 Å². The molecule has 1 saturated carbocycles. The molecule has 0 saturated heterocycles. The maximum Gasteiger partial charge on any atom is 0.0845 e. The van der Waals surface area contributed by atoms with E-state index < -0.39 is 5.60 Å². The van der Waals surface area contributed by atoms with E-state index in [-0.39, 0.29) is 0 Å². The van der Waals surface area contributed by atoms with Crippen molar-refractivity contribution in [2.24, 2.45) is 11.7 Å². The number of hydrogen-bond acceptors (Lipinski definition) is 3. The monoisotopic (exact) mass is 275 g/mol. The fourth-order valence-electron chi connectivity index (χ4n) is 1.75. The molecule has 0 amide bonds. The zero-order chi connectivity index (χ0) is 10.2. The lowest BCUT2D eigenvalue weighted by Crippen LogP contribution is -2.42. The minimum Gasteiger partial charge on any atom is -0.388 e. The minimum absolute atomic E-state index is 0.368. The van der Waals surface area contributed by atoms with Crippen molar-refractivity contribution in [3.05, 3.63) is 20.8 Å². The number of nitrogens with two attached hydrogens (primary N) is 1. The Hall–Kier alpha value is 0.1000. The van der Waals surface area contributed by atoms with Crippen molar-refractivity contribution in [2.45, 2.75) is 24.9 Å². The summed E-state index contributed by atoms with van der Waals surface area (Å²) in [7, 11) is 0. The maximum atomic E-state index is 10.3. The number of rotatable bonds is 4. The van der Waals surface area contributed by atoms with E-state index >= 15 is 0 Å². The zero-order valence-electron chi connectivity index (χ0n) is 7.87. The number of halogens is 1. The highest BCUT2D eigenvalue weighted by molar-refractivity contribution is 9.10. The maximum absolute atomic E-state index is 10.3. The lowest BCUT2D eigenvalue weighted by Gasteiger charge is -2.25. The average Bonchev–Trinajstić information content (AvgIpc) is 2.93. The van der Waals surface area contributed by atoms with Crippen LogP contribution in [0, 0.1) is 5.92 Å². The predicted molar refractivity (Wildman–Crippen MR) is 62.5 cm³/mol. The SMILES string of the molecule is NCC(O)(Cc1cc(Br)cs1)C1CC1. The van der Waals surface area contributed by atoms with Crippen LogP contribution in [0.4, 0.5) is 0 Å². The van der Waals surface area contributed by atoms with Crippen molar-refractivity contribution in [3.8, 4) is 0 Å². The second-order valence-corrected chi connectivity index (χ2v) is 5.90. The Kier molecular flexibility index (Phi) is 2.98.